The molecule has 1 rings (SSSR count). The van der Waals surface area contributed by atoms with Gasteiger partial charge in [0.25, 0.3) is 0 Å². The summed E-state index contributed by atoms with van der Waals surface area (Å²) in [5.41, 5.74) is 2.15. The molecule has 1 fully saturated rings. The van der Waals surface area contributed by atoms with Crippen molar-refractivity contribution in [3.05, 3.63) is 47.4 Å². The third-order valence-corrected chi connectivity index (χ3v) is 4.13. The number of piperidine rings is 1. The van der Waals surface area contributed by atoms with E-state index in [1.807, 2.05) is 6.92 Å². The van der Waals surface area contributed by atoms with Gasteiger partial charge < -0.3 is 10.6 Å². The van der Waals surface area contributed by atoms with Crippen molar-refractivity contribution in [3.63, 3.8) is 0 Å². The highest BCUT2D eigenvalue weighted by Gasteiger charge is 2.20. The Morgan fingerprint density at radius 2 is 2.14 bits per heavy atom. The number of allylic oxidation sites excluding steroid dienone is 5. The molecule has 8 heteroatoms. The molecule has 0 spiro atoms. The molecule has 2 N–H and O–H groups in total. The Kier molecular flexibility index (Phi) is 12.5. The average Bonchev–Trinajstić information content (AvgIpc) is 2.72. The number of carbonyl (C=O) groups excluding carboxylic acids is 1. The third kappa shape index (κ3) is 10.8. The molecule has 0 aromatic carbocycles. The minimum absolute atomic E-state index is 0.227. The molecule has 0 radical (unpaired) electrons. The molecule has 1 aliphatic heterocycles. The van der Waals surface area contributed by atoms with Gasteiger partial charge in [-0.25, -0.2) is 14.2 Å². The fourth-order valence-corrected chi connectivity index (χ4v) is 2.51. The second kappa shape index (κ2) is 14.8. The molecular weight excluding hydrogens is 381 g/mol. The topological polar surface area (TPSA) is 69.1 Å². The van der Waals surface area contributed by atoms with Crippen LogP contribution in [0.25, 0.3) is 0 Å². The van der Waals surface area contributed by atoms with E-state index in [1.54, 1.807) is 31.5 Å². The van der Waals surface area contributed by atoms with Crippen molar-refractivity contribution in [3.8, 4) is 0 Å². The molecular formula is C20H29ClFN5O. The van der Waals surface area contributed by atoms with Crippen LogP contribution in [-0.2, 0) is 0 Å². The van der Waals surface area contributed by atoms with Crippen molar-refractivity contribution in [2.24, 2.45) is 16.0 Å². The lowest BCUT2D eigenvalue weighted by molar-refractivity contribution is 0.184. The van der Waals surface area contributed by atoms with Crippen LogP contribution in [-0.4, -0.2) is 49.6 Å². The van der Waals surface area contributed by atoms with E-state index in [-0.39, 0.29) is 18.4 Å². The summed E-state index contributed by atoms with van der Waals surface area (Å²) in [6.07, 6.45) is 12.7. The summed E-state index contributed by atoms with van der Waals surface area (Å²) in [6, 6.07) is -0.313. The number of hydrogen-bond donors (Lipinski definition) is 2. The summed E-state index contributed by atoms with van der Waals surface area (Å²) in [4.78, 5) is 16.5. The predicted octanol–water partition coefficient (Wildman–Crippen LogP) is 4.14. The van der Waals surface area contributed by atoms with Gasteiger partial charge in [0.05, 0.1) is 6.21 Å². The number of hydrogen-bond acceptors (Lipinski definition) is 4. The van der Waals surface area contributed by atoms with E-state index in [0.29, 0.717) is 12.5 Å². The van der Waals surface area contributed by atoms with E-state index in [1.165, 1.54) is 28.9 Å². The molecule has 6 nitrogen and oxygen atoms in total. The Morgan fingerprint density at radius 1 is 1.39 bits per heavy atom. The first-order valence-electron chi connectivity index (χ1n) is 9.30. The summed E-state index contributed by atoms with van der Waals surface area (Å²) < 4.78 is 13.1. The summed E-state index contributed by atoms with van der Waals surface area (Å²) in [5, 5.41) is 11.8. The highest BCUT2D eigenvalue weighted by atomic mass is 35.5. The van der Waals surface area contributed by atoms with Crippen LogP contribution in [0.2, 0.25) is 0 Å². The summed E-state index contributed by atoms with van der Waals surface area (Å²) in [7, 11) is 0. The molecule has 0 aromatic rings. The number of carbonyl (C=O) groups is 1. The van der Waals surface area contributed by atoms with Crippen molar-refractivity contribution in [2.75, 3.05) is 26.2 Å². The largest absolute Gasteiger partial charge is 0.338 e. The number of nitrogens with one attached hydrogen (secondary N) is 2. The number of nitrogens with zero attached hydrogens (tertiary/aromatic N) is 3. The zero-order valence-electron chi connectivity index (χ0n) is 16.4. The molecule has 1 heterocycles. The van der Waals surface area contributed by atoms with E-state index >= 15 is 0 Å². The standard InChI is InChI=1S/C20H29ClFN5O/c1-3-19(22)5-4-10-25-20(28)27(16-18-7-12-23-13-8-18)26-15-17(2)6-11-24-14-9-21/h3-6,9,11,14-15,18,23H,7-8,10,12-13,16H2,1-2H3,(H,25,28)/b5-4-,14-9+,17-6+,19-3+,24-11+,26-15+. The van der Waals surface area contributed by atoms with E-state index in [0.717, 1.165) is 31.5 Å². The van der Waals surface area contributed by atoms with Gasteiger partial charge in [-0.05, 0) is 63.4 Å². The number of aliphatic imine (C=N–C) groups is 1. The lowest BCUT2D eigenvalue weighted by atomic mass is 9.98. The van der Waals surface area contributed by atoms with E-state index in [4.69, 9.17) is 11.6 Å². The second-order valence-electron chi connectivity index (χ2n) is 6.27. The predicted molar refractivity (Wildman–Crippen MR) is 115 cm³/mol. The Bertz CT molecular complexity index is 649. The van der Waals surface area contributed by atoms with E-state index in [9.17, 15) is 9.18 Å². The molecule has 154 valence electrons. The maximum Gasteiger partial charge on any atom is 0.338 e. The Hall–Kier alpha value is -2.25. The number of rotatable bonds is 9. The minimum Gasteiger partial charge on any atom is -0.333 e. The average molecular weight is 410 g/mol. The molecule has 0 saturated carbocycles. The summed E-state index contributed by atoms with van der Waals surface area (Å²) >= 11 is 5.40. The zero-order chi connectivity index (χ0) is 20.6. The maximum atomic E-state index is 13.1. The highest BCUT2D eigenvalue weighted by molar-refractivity contribution is 6.25. The van der Waals surface area contributed by atoms with Crippen molar-refractivity contribution in [1.82, 2.24) is 15.6 Å². The number of hydrazone groups is 1. The first kappa shape index (κ1) is 23.8. The molecule has 1 saturated heterocycles. The molecule has 0 unspecified atom stereocenters. The quantitative estimate of drug-likeness (QED) is 0.341. The maximum absolute atomic E-state index is 13.1. The van der Waals surface area contributed by atoms with Gasteiger partial charge in [0.15, 0.2) is 0 Å². The second-order valence-corrected chi connectivity index (χ2v) is 6.52. The van der Waals surface area contributed by atoms with Crippen LogP contribution in [0.3, 0.4) is 0 Å². The molecule has 0 atom stereocenters. The number of amides is 2. The van der Waals surface area contributed by atoms with Crippen LogP contribution < -0.4 is 10.6 Å². The fourth-order valence-electron chi connectivity index (χ4n) is 2.44. The minimum atomic E-state index is -0.342. The van der Waals surface area contributed by atoms with Gasteiger partial charge in [-0.3, -0.25) is 4.99 Å². The van der Waals surface area contributed by atoms with Gasteiger partial charge in [-0.15, -0.1) is 0 Å². The van der Waals surface area contributed by atoms with E-state index in [2.05, 4.69) is 20.7 Å². The smallest absolute Gasteiger partial charge is 0.333 e. The van der Waals surface area contributed by atoms with Crippen molar-refractivity contribution in [1.29, 1.82) is 0 Å². The van der Waals surface area contributed by atoms with Crippen LogP contribution >= 0.6 is 11.6 Å². The zero-order valence-corrected chi connectivity index (χ0v) is 17.2. The summed E-state index contributed by atoms with van der Waals surface area (Å²) in [5.74, 6) is 0.0464. The van der Waals surface area contributed by atoms with Crippen LogP contribution in [0.15, 0.2) is 57.5 Å². The van der Waals surface area contributed by atoms with Gasteiger partial charge in [-0.1, -0.05) is 23.8 Å². The first-order chi connectivity index (χ1) is 13.6. The van der Waals surface area contributed by atoms with Crippen LogP contribution in [0.5, 0.6) is 0 Å². The lowest BCUT2D eigenvalue weighted by Crippen LogP contribution is -2.41. The number of urea groups is 1. The van der Waals surface area contributed by atoms with Crippen molar-refractivity contribution in [2.45, 2.75) is 26.7 Å². The van der Waals surface area contributed by atoms with Gasteiger partial charge in [0.2, 0.25) is 0 Å². The molecule has 0 bridgehead atoms. The molecule has 0 aliphatic carbocycles. The van der Waals surface area contributed by atoms with Crippen molar-refractivity contribution < 1.29 is 9.18 Å². The Labute approximate surface area is 171 Å². The SMILES string of the molecule is C/C=C(F)\C=C/CNC(=O)N(CC1CCNCC1)/N=C/C(C)=C/C=N/C=C/Cl. The van der Waals surface area contributed by atoms with E-state index < -0.39 is 0 Å². The van der Waals surface area contributed by atoms with Crippen molar-refractivity contribution >= 4 is 30.1 Å². The molecule has 0 aromatic heterocycles. The fraction of sp³-hybridized carbons (Fsp3) is 0.450. The lowest BCUT2D eigenvalue weighted by Gasteiger charge is -2.27. The molecule has 28 heavy (non-hydrogen) atoms. The highest BCUT2D eigenvalue weighted by Crippen LogP contribution is 2.14. The van der Waals surface area contributed by atoms with Gasteiger partial charge in [0, 0.05) is 31.0 Å². The Balaban J connectivity index is 2.72. The van der Waals surface area contributed by atoms with Gasteiger partial charge >= 0.3 is 6.03 Å². The Morgan fingerprint density at radius 3 is 2.82 bits per heavy atom. The van der Waals surface area contributed by atoms with Crippen LogP contribution in [0.1, 0.15) is 26.7 Å². The monoisotopic (exact) mass is 409 g/mol. The van der Waals surface area contributed by atoms with Crippen LogP contribution in [0, 0.1) is 5.92 Å². The molecule has 2 amide bonds. The third-order valence-electron chi connectivity index (χ3n) is 4.01. The normalized spacial score (nSPS) is 17.4. The first-order valence-corrected chi connectivity index (χ1v) is 9.74. The van der Waals surface area contributed by atoms with Gasteiger partial charge in [-0.2, -0.15) is 5.10 Å². The van der Waals surface area contributed by atoms with Crippen LogP contribution in [0.4, 0.5) is 9.18 Å². The summed E-state index contributed by atoms with van der Waals surface area (Å²) in [6.45, 7) is 6.12. The van der Waals surface area contributed by atoms with Gasteiger partial charge in [0.1, 0.15) is 5.83 Å². The number of halogens is 2. The molecule has 1 aliphatic rings.